The van der Waals surface area contributed by atoms with E-state index >= 15 is 0 Å². The Bertz CT molecular complexity index is 727. The highest BCUT2D eigenvalue weighted by Gasteiger charge is 2.44. The summed E-state index contributed by atoms with van der Waals surface area (Å²) in [6.45, 7) is 6.20. The van der Waals surface area contributed by atoms with Gasteiger partial charge in [-0.15, -0.1) is 0 Å². The number of ether oxygens (including phenoxy) is 1. The van der Waals surface area contributed by atoms with E-state index < -0.39 is 5.97 Å². The van der Waals surface area contributed by atoms with Crippen molar-refractivity contribution in [2.24, 2.45) is 0 Å². The predicted molar refractivity (Wildman–Crippen MR) is 82.7 cm³/mol. The SMILES string of the molecule is CCOC(=O)c1cnc2n1C(c1cccc(F)c1)C(C)(C)S2. The fraction of sp³-hybridized carbons (Fsp3) is 0.375. The molecule has 0 aliphatic carbocycles. The molecule has 0 saturated heterocycles. The Kier molecular flexibility index (Phi) is 3.72. The molecule has 0 bridgehead atoms. The van der Waals surface area contributed by atoms with E-state index in [4.69, 9.17) is 4.74 Å². The number of carbonyl (C=O) groups is 1. The van der Waals surface area contributed by atoms with Crippen LogP contribution in [-0.4, -0.2) is 26.9 Å². The lowest BCUT2D eigenvalue weighted by Crippen LogP contribution is -2.28. The third-order valence-corrected chi connectivity index (χ3v) is 4.92. The van der Waals surface area contributed by atoms with Crippen molar-refractivity contribution >= 4 is 17.7 Å². The molecule has 1 aromatic heterocycles. The minimum absolute atomic E-state index is 0.176. The first-order chi connectivity index (χ1) is 10.4. The van der Waals surface area contributed by atoms with Gasteiger partial charge in [0.2, 0.25) is 0 Å². The van der Waals surface area contributed by atoms with Crippen molar-refractivity contribution in [3.05, 3.63) is 47.5 Å². The van der Waals surface area contributed by atoms with Gasteiger partial charge >= 0.3 is 5.97 Å². The summed E-state index contributed by atoms with van der Waals surface area (Å²) in [5.41, 5.74) is 1.23. The fourth-order valence-electron chi connectivity index (χ4n) is 2.85. The zero-order chi connectivity index (χ0) is 15.9. The van der Waals surface area contributed by atoms with Gasteiger partial charge in [-0.3, -0.25) is 0 Å². The first kappa shape index (κ1) is 15.1. The number of fused-ring (bicyclic) bond motifs is 1. The summed E-state index contributed by atoms with van der Waals surface area (Å²) >= 11 is 1.58. The summed E-state index contributed by atoms with van der Waals surface area (Å²) in [6, 6.07) is 6.31. The van der Waals surface area contributed by atoms with Crippen molar-refractivity contribution in [1.82, 2.24) is 9.55 Å². The van der Waals surface area contributed by atoms with E-state index in [0.717, 1.165) is 10.7 Å². The van der Waals surface area contributed by atoms with Gasteiger partial charge < -0.3 is 9.30 Å². The number of imidazole rings is 1. The molecule has 0 amide bonds. The topological polar surface area (TPSA) is 44.1 Å². The van der Waals surface area contributed by atoms with Gasteiger partial charge in [0.25, 0.3) is 0 Å². The predicted octanol–water partition coefficient (Wildman–Crippen LogP) is 3.67. The van der Waals surface area contributed by atoms with Gasteiger partial charge in [0.1, 0.15) is 11.5 Å². The number of thioether (sulfide) groups is 1. The van der Waals surface area contributed by atoms with Crippen molar-refractivity contribution in [2.45, 2.75) is 36.7 Å². The molecule has 3 rings (SSSR count). The molecule has 1 unspecified atom stereocenters. The summed E-state index contributed by atoms with van der Waals surface area (Å²) < 4.78 is 20.4. The highest BCUT2D eigenvalue weighted by Crippen LogP contribution is 2.51. The third-order valence-electron chi connectivity index (χ3n) is 3.68. The van der Waals surface area contributed by atoms with Gasteiger partial charge in [-0.25, -0.2) is 14.2 Å². The molecule has 1 aromatic carbocycles. The lowest BCUT2D eigenvalue weighted by Gasteiger charge is -2.28. The lowest BCUT2D eigenvalue weighted by atomic mass is 9.94. The number of hydrogen-bond acceptors (Lipinski definition) is 4. The molecule has 0 saturated carbocycles. The van der Waals surface area contributed by atoms with E-state index in [1.807, 2.05) is 10.6 Å². The van der Waals surface area contributed by atoms with Crippen LogP contribution in [-0.2, 0) is 4.74 Å². The number of hydrogen-bond donors (Lipinski definition) is 0. The van der Waals surface area contributed by atoms with E-state index in [2.05, 4.69) is 18.8 Å². The van der Waals surface area contributed by atoms with Crippen LogP contribution in [0.25, 0.3) is 0 Å². The first-order valence-corrected chi connectivity index (χ1v) is 7.94. The molecule has 6 heteroatoms. The molecule has 4 nitrogen and oxygen atoms in total. The van der Waals surface area contributed by atoms with Crippen LogP contribution in [0.2, 0.25) is 0 Å². The second-order valence-electron chi connectivity index (χ2n) is 5.68. The normalized spacial score (nSPS) is 19.0. The van der Waals surface area contributed by atoms with Crippen molar-refractivity contribution in [2.75, 3.05) is 6.61 Å². The number of rotatable bonds is 3. The van der Waals surface area contributed by atoms with E-state index in [0.29, 0.717) is 12.3 Å². The maximum Gasteiger partial charge on any atom is 0.356 e. The molecule has 1 aliphatic rings. The minimum atomic E-state index is -0.402. The second kappa shape index (κ2) is 5.43. The van der Waals surface area contributed by atoms with Crippen LogP contribution in [0, 0.1) is 5.82 Å². The molecule has 116 valence electrons. The molecule has 2 aromatic rings. The summed E-state index contributed by atoms with van der Waals surface area (Å²) in [6.07, 6.45) is 1.53. The van der Waals surface area contributed by atoms with E-state index in [-0.39, 0.29) is 16.6 Å². The molecule has 0 fully saturated rings. The van der Waals surface area contributed by atoms with Crippen LogP contribution >= 0.6 is 11.8 Å². The number of carbonyl (C=O) groups excluding carboxylic acids is 1. The maximum atomic E-state index is 13.6. The van der Waals surface area contributed by atoms with Crippen LogP contribution in [0.15, 0.2) is 35.6 Å². The Labute approximate surface area is 132 Å². The number of halogens is 1. The van der Waals surface area contributed by atoms with Gasteiger partial charge in [0.05, 0.1) is 18.8 Å². The van der Waals surface area contributed by atoms with E-state index in [9.17, 15) is 9.18 Å². The number of esters is 1. The largest absolute Gasteiger partial charge is 0.461 e. The van der Waals surface area contributed by atoms with Crippen molar-refractivity contribution in [1.29, 1.82) is 0 Å². The van der Waals surface area contributed by atoms with Crippen molar-refractivity contribution in [3.63, 3.8) is 0 Å². The van der Waals surface area contributed by atoms with Crippen LogP contribution in [0.4, 0.5) is 4.39 Å². The standard InChI is InChI=1S/C16H17FN2O2S/c1-4-21-14(20)12-9-18-15-19(12)13(16(2,3)22-15)10-6-5-7-11(17)8-10/h5-9,13H,4H2,1-3H3. The van der Waals surface area contributed by atoms with Crippen molar-refractivity contribution in [3.8, 4) is 0 Å². The zero-order valence-corrected chi connectivity index (χ0v) is 13.5. The first-order valence-electron chi connectivity index (χ1n) is 7.13. The highest BCUT2D eigenvalue weighted by atomic mass is 32.2. The van der Waals surface area contributed by atoms with E-state index in [1.165, 1.54) is 18.3 Å². The summed E-state index contributed by atoms with van der Waals surface area (Å²) in [4.78, 5) is 16.5. The Hall–Kier alpha value is -1.82. The van der Waals surface area contributed by atoms with Gasteiger partial charge in [-0.05, 0) is 38.5 Å². The molecule has 22 heavy (non-hydrogen) atoms. The fourth-order valence-corrected chi connectivity index (χ4v) is 4.09. The quantitative estimate of drug-likeness (QED) is 0.809. The molecule has 0 radical (unpaired) electrons. The van der Waals surface area contributed by atoms with E-state index in [1.54, 1.807) is 24.8 Å². The van der Waals surface area contributed by atoms with Crippen LogP contribution in [0.1, 0.15) is 42.9 Å². The molecule has 1 aliphatic heterocycles. The average molecular weight is 320 g/mol. The van der Waals surface area contributed by atoms with Gasteiger partial charge in [0, 0.05) is 4.75 Å². The van der Waals surface area contributed by atoms with Gasteiger partial charge in [0.15, 0.2) is 5.16 Å². The van der Waals surface area contributed by atoms with Crippen LogP contribution < -0.4 is 0 Å². The molecule has 0 N–H and O–H groups in total. The van der Waals surface area contributed by atoms with Gasteiger partial charge in [-0.2, -0.15) is 0 Å². The Morgan fingerprint density at radius 3 is 2.95 bits per heavy atom. The van der Waals surface area contributed by atoms with Crippen molar-refractivity contribution < 1.29 is 13.9 Å². The molecular weight excluding hydrogens is 303 g/mol. The summed E-state index contributed by atoms with van der Waals surface area (Å²) in [5, 5.41) is 0.752. The highest BCUT2D eigenvalue weighted by molar-refractivity contribution is 8.00. The smallest absolute Gasteiger partial charge is 0.356 e. The van der Waals surface area contributed by atoms with Crippen LogP contribution in [0.5, 0.6) is 0 Å². The number of benzene rings is 1. The minimum Gasteiger partial charge on any atom is -0.461 e. The Morgan fingerprint density at radius 2 is 2.27 bits per heavy atom. The maximum absolute atomic E-state index is 13.6. The number of aromatic nitrogens is 2. The second-order valence-corrected chi connectivity index (χ2v) is 7.30. The van der Waals surface area contributed by atoms with Gasteiger partial charge in [-0.1, -0.05) is 23.9 Å². The Morgan fingerprint density at radius 1 is 1.50 bits per heavy atom. The summed E-state index contributed by atoms with van der Waals surface area (Å²) in [7, 11) is 0. The molecular formula is C16H17FN2O2S. The average Bonchev–Trinajstić information content (AvgIpc) is 2.92. The molecule has 1 atom stereocenters. The number of nitrogens with zero attached hydrogens (tertiary/aromatic N) is 2. The van der Waals surface area contributed by atoms with Crippen LogP contribution in [0.3, 0.4) is 0 Å². The Balaban J connectivity index is 2.12. The summed E-state index contributed by atoms with van der Waals surface area (Å²) in [5.74, 6) is -0.689. The molecule has 0 spiro atoms. The lowest BCUT2D eigenvalue weighted by molar-refractivity contribution is 0.0511. The third kappa shape index (κ3) is 2.41. The zero-order valence-electron chi connectivity index (χ0n) is 12.7. The molecule has 2 heterocycles. The monoisotopic (exact) mass is 320 g/mol.